The number of hydrogen-bond acceptors (Lipinski definition) is 4. The number of sulfone groups is 1. The number of carbonyl (C=O) groups is 1. The van der Waals surface area contributed by atoms with Gasteiger partial charge in [0.05, 0.1) is 5.75 Å². The van der Waals surface area contributed by atoms with Crippen LogP contribution in [0.4, 0.5) is 0 Å². The fourth-order valence-electron chi connectivity index (χ4n) is 0.723. The Balaban J connectivity index is 3.98. The summed E-state index contributed by atoms with van der Waals surface area (Å²) >= 11 is 0. The molecule has 0 fully saturated rings. The summed E-state index contributed by atoms with van der Waals surface area (Å²) in [5, 5.41) is 11.0. The van der Waals surface area contributed by atoms with Crippen molar-refractivity contribution in [1.82, 2.24) is 5.32 Å². The molecular weight excluding hydrogens is 182 g/mol. The second-order valence-electron chi connectivity index (χ2n) is 2.60. The predicted octanol–water partition coefficient (Wildman–Crippen LogP) is -0.906. The summed E-state index contributed by atoms with van der Waals surface area (Å²) < 4.78 is 21.3. The highest BCUT2D eigenvalue weighted by molar-refractivity contribution is 7.90. The SMILES string of the molecule is CN[C@@H](CCS(C)(=O)=O)C(=O)O. The van der Waals surface area contributed by atoms with Gasteiger partial charge in [0.15, 0.2) is 0 Å². The van der Waals surface area contributed by atoms with E-state index in [4.69, 9.17) is 5.11 Å². The summed E-state index contributed by atoms with van der Waals surface area (Å²) in [5.41, 5.74) is 0. The predicted molar refractivity (Wildman–Crippen MR) is 44.8 cm³/mol. The van der Waals surface area contributed by atoms with Crippen LogP contribution in [-0.2, 0) is 14.6 Å². The van der Waals surface area contributed by atoms with E-state index in [2.05, 4.69) is 5.32 Å². The number of nitrogens with one attached hydrogen (secondary N) is 1. The fraction of sp³-hybridized carbons (Fsp3) is 0.833. The first-order chi connectivity index (χ1) is 5.37. The molecule has 0 aromatic rings. The van der Waals surface area contributed by atoms with E-state index in [0.29, 0.717) is 0 Å². The molecule has 0 rings (SSSR count). The Kier molecular flexibility index (Phi) is 4.19. The summed E-state index contributed by atoms with van der Waals surface area (Å²) in [5.74, 6) is -1.13. The van der Waals surface area contributed by atoms with E-state index in [-0.39, 0.29) is 12.2 Å². The first-order valence-corrected chi connectivity index (χ1v) is 5.50. The minimum atomic E-state index is -3.07. The van der Waals surface area contributed by atoms with Crippen molar-refractivity contribution in [2.24, 2.45) is 0 Å². The average molecular weight is 195 g/mol. The van der Waals surface area contributed by atoms with Crippen LogP contribution in [0.2, 0.25) is 0 Å². The van der Waals surface area contributed by atoms with Crippen LogP contribution in [0.5, 0.6) is 0 Å². The molecular formula is C6H13NO4S. The summed E-state index contributed by atoms with van der Waals surface area (Å²) in [6.45, 7) is 0. The maximum absolute atomic E-state index is 10.7. The van der Waals surface area contributed by atoms with Crippen molar-refractivity contribution in [3.05, 3.63) is 0 Å². The second kappa shape index (κ2) is 4.42. The Labute approximate surface area is 71.7 Å². The first kappa shape index (κ1) is 11.4. The molecule has 0 amide bonds. The smallest absolute Gasteiger partial charge is 0.320 e. The van der Waals surface area contributed by atoms with Gasteiger partial charge < -0.3 is 10.4 Å². The highest BCUT2D eigenvalue weighted by Crippen LogP contribution is 1.95. The van der Waals surface area contributed by atoms with Gasteiger partial charge in [-0.25, -0.2) is 8.42 Å². The minimum absolute atomic E-state index is 0.102. The van der Waals surface area contributed by atoms with E-state index < -0.39 is 21.8 Å². The van der Waals surface area contributed by atoms with Crippen LogP contribution < -0.4 is 5.32 Å². The Hall–Kier alpha value is -0.620. The Morgan fingerprint density at radius 1 is 1.58 bits per heavy atom. The zero-order chi connectivity index (χ0) is 9.78. The summed E-state index contributed by atoms with van der Waals surface area (Å²) in [4.78, 5) is 10.4. The van der Waals surface area contributed by atoms with Crippen LogP contribution in [-0.4, -0.2) is 44.6 Å². The Bertz CT molecular complexity index is 246. The normalized spacial score (nSPS) is 14.2. The van der Waals surface area contributed by atoms with Crippen molar-refractivity contribution in [3.8, 4) is 0 Å². The second-order valence-corrected chi connectivity index (χ2v) is 4.86. The van der Waals surface area contributed by atoms with Gasteiger partial charge in [-0.15, -0.1) is 0 Å². The van der Waals surface area contributed by atoms with Gasteiger partial charge in [0, 0.05) is 6.26 Å². The van der Waals surface area contributed by atoms with Gasteiger partial charge in [0.1, 0.15) is 15.9 Å². The average Bonchev–Trinajstić information content (AvgIpc) is 1.85. The van der Waals surface area contributed by atoms with Gasteiger partial charge in [-0.1, -0.05) is 0 Å². The third kappa shape index (κ3) is 5.09. The third-order valence-electron chi connectivity index (χ3n) is 1.42. The third-order valence-corrected chi connectivity index (χ3v) is 2.40. The summed E-state index contributed by atoms with van der Waals surface area (Å²) in [7, 11) is -1.58. The fourth-order valence-corrected chi connectivity index (χ4v) is 1.39. The number of likely N-dealkylation sites (N-methyl/N-ethyl adjacent to an activating group) is 1. The molecule has 0 aliphatic rings. The van der Waals surface area contributed by atoms with E-state index in [1.165, 1.54) is 7.05 Å². The number of rotatable bonds is 5. The molecule has 0 heterocycles. The number of hydrogen-bond donors (Lipinski definition) is 2. The van der Waals surface area contributed by atoms with Crippen molar-refractivity contribution >= 4 is 15.8 Å². The molecule has 12 heavy (non-hydrogen) atoms. The Morgan fingerprint density at radius 2 is 2.08 bits per heavy atom. The zero-order valence-corrected chi connectivity index (χ0v) is 7.89. The highest BCUT2D eigenvalue weighted by atomic mass is 32.2. The molecule has 0 spiro atoms. The van der Waals surface area contributed by atoms with Crippen LogP contribution in [0.3, 0.4) is 0 Å². The van der Waals surface area contributed by atoms with Gasteiger partial charge in [0.2, 0.25) is 0 Å². The number of aliphatic carboxylic acids is 1. The van der Waals surface area contributed by atoms with E-state index in [1.807, 2.05) is 0 Å². The maximum atomic E-state index is 10.7. The molecule has 0 radical (unpaired) electrons. The van der Waals surface area contributed by atoms with Gasteiger partial charge in [-0.2, -0.15) is 0 Å². The van der Waals surface area contributed by atoms with Crippen molar-refractivity contribution in [1.29, 1.82) is 0 Å². The lowest BCUT2D eigenvalue weighted by Gasteiger charge is -2.09. The standard InChI is InChI=1S/C6H13NO4S/c1-7-5(6(8)9)3-4-12(2,10)11/h5,7H,3-4H2,1-2H3,(H,8,9)/t5-/m0/s1. The van der Waals surface area contributed by atoms with Crippen LogP contribution in [0.25, 0.3) is 0 Å². The van der Waals surface area contributed by atoms with Gasteiger partial charge in [0.25, 0.3) is 0 Å². The van der Waals surface area contributed by atoms with E-state index in [1.54, 1.807) is 0 Å². The molecule has 6 heteroatoms. The Morgan fingerprint density at radius 3 is 2.33 bits per heavy atom. The van der Waals surface area contributed by atoms with E-state index in [0.717, 1.165) is 6.26 Å². The molecule has 5 nitrogen and oxygen atoms in total. The van der Waals surface area contributed by atoms with Gasteiger partial charge >= 0.3 is 5.97 Å². The van der Waals surface area contributed by atoms with Crippen molar-refractivity contribution < 1.29 is 18.3 Å². The van der Waals surface area contributed by atoms with Crippen molar-refractivity contribution in [3.63, 3.8) is 0 Å². The number of carboxylic acid groups (broad SMARTS) is 1. The molecule has 0 aromatic heterocycles. The van der Waals surface area contributed by atoms with Crippen LogP contribution in [0.15, 0.2) is 0 Å². The molecule has 0 saturated carbocycles. The van der Waals surface area contributed by atoms with E-state index >= 15 is 0 Å². The van der Waals surface area contributed by atoms with E-state index in [9.17, 15) is 13.2 Å². The molecule has 0 aromatic carbocycles. The molecule has 0 aliphatic heterocycles. The molecule has 0 unspecified atom stereocenters. The quantitative estimate of drug-likeness (QED) is 0.593. The first-order valence-electron chi connectivity index (χ1n) is 3.44. The largest absolute Gasteiger partial charge is 0.480 e. The molecule has 0 bridgehead atoms. The van der Waals surface area contributed by atoms with Crippen LogP contribution >= 0.6 is 0 Å². The number of carboxylic acids is 1. The van der Waals surface area contributed by atoms with Crippen LogP contribution in [0.1, 0.15) is 6.42 Å². The monoisotopic (exact) mass is 195 g/mol. The lowest BCUT2D eigenvalue weighted by atomic mass is 10.2. The van der Waals surface area contributed by atoms with Gasteiger partial charge in [-0.3, -0.25) is 4.79 Å². The van der Waals surface area contributed by atoms with Crippen LogP contribution in [0, 0.1) is 0 Å². The minimum Gasteiger partial charge on any atom is -0.480 e. The highest BCUT2D eigenvalue weighted by Gasteiger charge is 2.16. The zero-order valence-electron chi connectivity index (χ0n) is 7.07. The molecule has 2 N–H and O–H groups in total. The van der Waals surface area contributed by atoms with Crippen molar-refractivity contribution in [2.75, 3.05) is 19.1 Å². The lowest BCUT2D eigenvalue weighted by Crippen LogP contribution is -2.35. The maximum Gasteiger partial charge on any atom is 0.320 e. The molecule has 1 atom stereocenters. The molecule has 0 saturated heterocycles. The molecule has 72 valence electrons. The molecule has 0 aliphatic carbocycles. The topological polar surface area (TPSA) is 83.5 Å². The van der Waals surface area contributed by atoms with Crippen molar-refractivity contribution in [2.45, 2.75) is 12.5 Å². The summed E-state index contributed by atoms with van der Waals surface area (Å²) in [6.07, 6.45) is 1.19. The summed E-state index contributed by atoms with van der Waals surface area (Å²) in [6, 6.07) is -0.778. The lowest BCUT2D eigenvalue weighted by molar-refractivity contribution is -0.139. The van der Waals surface area contributed by atoms with Gasteiger partial charge in [-0.05, 0) is 13.5 Å².